The van der Waals surface area contributed by atoms with Gasteiger partial charge in [-0.15, -0.1) is 11.3 Å². The highest BCUT2D eigenvalue weighted by Crippen LogP contribution is 2.42. The largest absolute Gasteiger partial charge is 0.376 e. The van der Waals surface area contributed by atoms with Gasteiger partial charge in [-0.1, -0.05) is 11.2 Å². The molecule has 4 rings (SSSR count). The number of thiophene rings is 1. The van der Waals surface area contributed by atoms with Gasteiger partial charge in [-0.25, -0.2) is 0 Å². The van der Waals surface area contributed by atoms with Crippen molar-refractivity contribution in [3.63, 3.8) is 0 Å². The normalized spacial score (nSPS) is 13.5. The number of carbonyl (C=O) groups is 1. The maximum atomic E-state index is 12.5. The summed E-state index contributed by atoms with van der Waals surface area (Å²) < 4.78 is 10.9. The lowest BCUT2D eigenvalue weighted by molar-refractivity contribution is -0.115. The summed E-state index contributed by atoms with van der Waals surface area (Å²) in [6.45, 7) is 2.96. The lowest BCUT2D eigenvalue weighted by atomic mass is 10.1. The van der Waals surface area contributed by atoms with Gasteiger partial charge in [0.25, 0.3) is 5.89 Å². The summed E-state index contributed by atoms with van der Waals surface area (Å²) in [5.41, 5.74) is 2.81. The molecule has 1 aliphatic rings. The highest BCUT2D eigenvalue weighted by Gasteiger charge is 2.26. The van der Waals surface area contributed by atoms with Crippen molar-refractivity contribution in [2.75, 3.05) is 11.9 Å². The van der Waals surface area contributed by atoms with Crippen LogP contribution in [0.1, 0.15) is 21.8 Å². The number of hydrogen-bond acceptors (Lipinski definition) is 7. The SMILES string of the molecule is Cc1noc(-c2c(NC(=O)Cc3cccnc3)sc3c2CCOC3)n1. The van der Waals surface area contributed by atoms with Crippen LogP contribution in [0.5, 0.6) is 0 Å². The van der Waals surface area contributed by atoms with Crippen LogP contribution in [-0.4, -0.2) is 27.6 Å². The molecule has 0 spiro atoms. The van der Waals surface area contributed by atoms with E-state index in [-0.39, 0.29) is 12.3 Å². The molecule has 0 saturated carbocycles. The van der Waals surface area contributed by atoms with Gasteiger partial charge in [-0.3, -0.25) is 9.78 Å². The van der Waals surface area contributed by atoms with Gasteiger partial charge in [-0.05, 0) is 30.5 Å². The second-order valence-electron chi connectivity index (χ2n) is 5.74. The molecule has 7 nitrogen and oxygen atoms in total. The predicted molar refractivity (Wildman–Crippen MR) is 92.3 cm³/mol. The average molecular weight is 356 g/mol. The summed E-state index contributed by atoms with van der Waals surface area (Å²) in [4.78, 5) is 21.9. The molecule has 1 N–H and O–H groups in total. The topological polar surface area (TPSA) is 90.1 Å². The molecular weight excluding hydrogens is 340 g/mol. The third-order valence-electron chi connectivity index (χ3n) is 3.90. The quantitative estimate of drug-likeness (QED) is 0.773. The zero-order valence-corrected chi connectivity index (χ0v) is 14.4. The Morgan fingerprint density at radius 3 is 3.12 bits per heavy atom. The van der Waals surface area contributed by atoms with E-state index in [1.54, 1.807) is 19.3 Å². The smallest absolute Gasteiger partial charge is 0.261 e. The van der Waals surface area contributed by atoms with Gasteiger partial charge in [0.05, 0.1) is 25.2 Å². The van der Waals surface area contributed by atoms with Gasteiger partial charge < -0.3 is 14.6 Å². The molecule has 0 fully saturated rings. The lowest BCUT2D eigenvalue weighted by Crippen LogP contribution is -2.14. The van der Waals surface area contributed by atoms with Gasteiger partial charge in [-0.2, -0.15) is 4.98 Å². The average Bonchev–Trinajstić information content (AvgIpc) is 3.18. The van der Waals surface area contributed by atoms with Crippen LogP contribution in [0.2, 0.25) is 0 Å². The first kappa shape index (κ1) is 15.9. The van der Waals surface area contributed by atoms with Crippen LogP contribution in [0, 0.1) is 6.92 Å². The van der Waals surface area contributed by atoms with Gasteiger partial charge in [0.15, 0.2) is 5.82 Å². The maximum absolute atomic E-state index is 12.5. The summed E-state index contributed by atoms with van der Waals surface area (Å²) in [6.07, 6.45) is 4.40. The number of amides is 1. The molecule has 3 aromatic heterocycles. The number of aromatic nitrogens is 3. The van der Waals surface area contributed by atoms with Crippen LogP contribution in [0.4, 0.5) is 5.00 Å². The number of anilines is 1. The molecule has 0 radical (unpaired) electrons. The van der Waals surface area contributed by atoms with Gasteiger partial charge >= 0.3 is 0 Å². The van der Waals surface area contributed by atoms with Gasteiger partial charge in [0, 0.05) is 17.3 Å². The highest BCUT2D eigenvalue weighted by atomic mass is 32.1. The predicted octanol–water partition coefficient (Wildman–Crippen LogP) is 2.76. The van der Waals surface area contributed by atoms with Crippen molar-refractivity contribution < 1.29 is 14.1 Å². The standard InChI is InChI=1S/C17H16N4O3S/c1-10-19-16(24-21-10)15-12-4-6-23-9-13(12)25-17(15)20-14(22)7-11-3-2-5-18-8-11/h2-3,5,8H,4,6-7,9H2,1H3,(H,20,22). The molecular formula is C17H16N4O3S. The zero-order valence-electron chi connectivity index (χ0n) is 13.6. The third-order valence-corrected chi connectivity index (χ3v) is 5.02. The van der Waals surface area contributed by atoms with E-state index >= 15 is 0 Å². The number of nitrogens with zero attached hydrogens (tertiary/aromatic N) is 3. The maximum Gasteiger partial charge on any atom is 0.261 e. The first-order valence-corrected chi connectivity index (χ1v) is 8.74. The Morgan fingerprint density at radius 1 is 1.44 bits per heavy atom. The minimum Gasteiger partial charge on any atom is -0.376 e. The molecule has 8 heteroatoms. The summed E-state index contributed by atoms with van der Waals surface area (Å²) in [7, 11) is 0. The molecule has 0 aromatic carbocycles. The van der Waals surface area contributed by atoms with E-state index in [0.717, 1.165) is 33.0 Å². The minimum absolute atomic E-state index is 0.106. The highest BCUT2D eigenvalue weighted by molar-refractivity contribution is 7.17. The minimum atomic E-state index is -0.106. The van der Waals surface area contributed by atoms with E-state index in [0.29, 0.717) is 24.9 Å². The van der Waals surface area contributed by atoms with Crippen molar-refractivity contribution in [1.29, 1.82) is 0 Å². The number of hydrogen-bond donors (Lipinski definition) is 1. The Kier molecular flexibility index (Phi) is 4.29. The fourth-order valence-corrected chi connectivity index (χ4v) is 4.00. The fraction of sp³-hybridized carbons (Fsp3) is 0.294. The van der Waals surface area contributed by atoms with Crippen molar-refractivity contribution in [2.24, 2.45) is 0 Å². The van der Waals surface area contributed by atoms with Gasteiger partial charge in [0.2, 0.25) is 5.91 Å². The van der Waals surface area contributed by atoms with Crippen LogP contribution in [0.3, 0.4) is 0 Å². The van der Waals surface area contributed by atoms with Crippen LogP contribution < -0.4 is 5.32 Å². The molecule has 0 atom stereocenters. The molecule has 25 heavy (non-hydrogen) atoms. The Bertz CT molecular complexity index is 904. The lowest BCUT2D eigenvalue weighted by Gasteiger charge is -2.12. The monoisotopic (exact) mass is 356 g/mol. The van der Waals surface area contributed by atoms with Crippen LogP contribution in [0.15, 0.2) is 29.0 Å². The second-order valence-corrected chi connectivity index (χ2v) is 6.85. The first-order valence-electron chi connectivity index (χ1n) is 7.92. The van der Waals surface area contributed by atoms with E-state index in [4.69, 9.17) is 9.26 Å². The molecule has 0 aliphatic carbocycles. The third kappa shape index (κ3) is 3.31. The number of rotatable bonds is 4. The van der Waals surface area contributed by atoms with E-state index < -0.39 is 0 Å². The Hall–Kier alpha value is -2.58. The van der Waals surface area contributed by atoms with Crippen molar-refractivity contribution in [3.8, 4) is 11.5 Å². The molecule has 3 aromatic rings. The van der Waals surface area contributed by atoms with Crippen LogP contribution >= 0.6 is 11.3 Å². The molecule has 0 bridgehead atoms. The Labute approximate surface area is 148 Å². The Balaban J connectivity index is 1.64. The Morgan fingerprint density at radius 2 is 2.36 bits per heavy atom. The molecule has 4 heterocycles. The number of carbonyl (C=O) groups excluding carboxylic acids is 1. The van der Waals surface area contributed by atoms with Crippen molar-refractivity contribution in [1.82, 2.24) is 15.1 Å². The number of ether oxygens (including phenoxy) is 1. The summed E-state index contributed by atoms with van der Waals surface area (Å²) >= 11 is 1.50. The van der Waals surface area contributed by atoms with Crippen molar-refractivity contribution >= 4 is 22.2 Å². The van der Waals surface area contributed by atoms with Gasteiger partial charge in [0.1, 0.15) is 5.00 Å². The number of pyridine rings is 1. The summed E-state index contributed by atoms with van der Waals surface area (Å²) in [5.74, 6) is 0.897. The van der Waals surface area contributed by atoms with E-state index in [1.165, 1.54) is 11.3 Å². The molecule has 0 saturated heterocycles. The fourth-order valence-electron chi connectivity index (χ4n) is 2.80. The van der Waals surface area contributed by atoms with Crippen molar-refractivity contribution in [2.45, 2.75) is 26.4 Å². The zero-order chi connectivity index (χ0) is 17.2. The molecule has 0 unspecified atom stereocenters. The van der Waals surface area contributed by atoms with Crippen LogP contribution in [0.25, 0.3) is 11.5 Å². The second kappa shape index (κ2) is 6.73. The van der Waals surface area contributed by atoms with E-state index in [9.17, 15) is 4.79 Å². The number of aryl methyl sites for hydroxylation is 1. The molecule has 1 aliphatic heterocycles. The van der Waals surface area contributed by atoms with Crippen LogP contribution in [-0.2, 0) is 29.0 Å². The number of fused-ring (bicyclic) bond motifs is 1. The van der Waals surface area contributed by atoms with E-state index in [1.807, 2.05) is 12.1 Å². The molecule has 128 valence electrons. The summed E-state index contributed by atoms with van der Waals surface area (Å²) in [5, 5.41) is 7.60. The number of nitrogens with one attached hydrogen (secondary N) is 1. The van der Waals surface area contributed by atoms with E-state index in [2.05, 4.69) is 20.4 Å². The summed E-state index contributed by atoms with van der Waals surface area (Å²) in [6, 6.07) is 3.69. The molecule has 1 amide bonds. The van der Waals surface area contributed by atoms with Crippen molar-refractivity contribution in [3.05, 3.63) is 46.4 Å². The first-order chi connectivity index (χ1) is 12.2.